The first-order valence-corrected chi connectivity index (χ1v) is 6.00. The minimum atomic E-state index is 0.432. The van der Waals surface area contributed by atoms with Crippen molar-refractivity contribution in [1.29, 1.82) is 0 Å². The highest BCUT2D eigenvalue weighted by Gasteiger charge is 2.37. The number of hydrogen-bond donors (Lipinski definition) is 1. The Balaban J connectivity index is 2.03. The Morgan fingerprint density at radius 2 is 1.41 bits per heavy atom. The molecular weight excluding hydrogens is 206 g/mol. The van der Waals surface area contributed by atoms with E-state index in [1.165, 1.54) is 22.3 Å². The van der Waals surface area contributed by atoms with Crippen molar-refractivity contribution in [3.05, 3.63) is 82.7 Å². The summed E-state index contributed by atoms with van der Waals surface area (Å²) >= 11 is 0. The molecule has 1 heteroatoms. The second kappa shape index (κ2) is 3.01. The van der Waals surface area contributed by atoms with Crippen LogP contribution in [-0.4, -0.2) is 0 Å². The highest BCUT2D eigenvalue weighted by atomic mass is 14.6. The van der Waals surface area contributed by atoms with Gasteiger partial charge in [0.15, 0.2) is 0 Å². The quantitative estimate of drug-likeness (QED) is 0.666. The van der Waals surface area contributed by atoms with Gasteiger partial charge in [-0.2, -0.15) is 0 Å². The maximum atomic E-state index is 6.10. The summed E-state index contributed by atoms with van der Waals surface area (Å²) in [6, 6.07) is 0. The predicted molar refractivity (Wildman–Crippen MR) is 69.9 cm³/mol. The van der Waals surface area contributed by atoms with Crippen LogP contribution >= 0.6 is 0 Å². The molecule has 17 heavy (non-hydrogen) atoms. The summed E-state index contributed by atoms with van der Waals surface area (Å²) in [6.07, 6.45) is 19.6. The number of allylic oxidation sites excluding steroid dienone is 13. The van der Waals surface area contributed by atoms with Crippen LogP contribution in [0, 0.1) is 11.8 Å². The van der Waals surface area contributed by atoms with Gasteiger partial charge in [-0.1, -0.05) is 48.6 Å². The molecule has 4 rings (SSSR count). The van der Waals surface area contributed by atoms with Crippen molar-refractivity contribution in [2.75, 3.05) is 0 Å². The van der Waals surface area contributed by atoms with E-state index in [0.717, 1.165) is 5.70 Å². The topological polar surface area (TPSA) is 26.0 Å². The zero-order valence-electron chi connectivity index (χ0n) is 9.43. The molecule has 2 N–H and O–H groups in total. The summed E-state index contributed by atoms with van der Waals surface area (Å²) in [5.74, 6) is 0.907. The highest BCUT2D eigenvalue weighted by Crippen LogP contribution is 2.48. The second-order valence-corrected chi connectivity index (χ2v) is 4.89. The Labute approximate surface area is 101 Å². The van der Waals surface area contributed by atoms with Gasteiger partial charge in [-0.15, -0.1) is 0 Å². The molecule has 2 unspecified atom stereocenters. The average Bonchev–Trinajstić information content (AvgIpc) is 2.38. The molecule has 0 heterocycles. The standard InChI is InChI=1S/C16H13N/c17-14-9-7-12-5-4-10-2-1-3-11-6-8-13(14)16(12)15(10)11/h1-9,15-16H,17H2. The largest absolute Gasteiger partial charge is 0.398 e. The van der Waals surface area contributed by atoms with Crippen LogP contribution in [-0.2, 0) is 0 Å². The minimum absolute atomic E-state index is 0.432. The lowest BCUT2D eigenvalue weighted by Crippen LogP contribution is -2.30. The smallest absolute Gasteiger partial charge is 0.0353 e. The van der Waals surface area contributed by atoms with Crippen LogP contribution in [0.1, 0.15) is 0 Å². The van der Waals surface area contributed by atoms with Crippen LogP contribution in [0.4, 0.5) is 0 Å². The van der Waals surface area contributed by atoms with Crippen LogP contribution in [0.3, 0.4) is 0 Å². The Morgan fingerprint density at radius 3 is 2.29 bits per heavy atom. The van der Waals surface area contributed by atoms with E-state index in [0.29, 0.717) is 11.8 Å². The van der Waals surface area contributed by atoms with Gasteiger partial charge in [0.2, 0.25) is 0 Å². The molecule has 4 aliphatic carbocycles. The zero-order valence-corrected chi connectivity index (χ0v) is 9.43. The van der Waals surface area contributed by atoms with Crippen LogP contribution in [0.2, 0.25) is 0 Å². The molecule has 0 aromatic rings. The molecule has 0 fully saturated rings. The maximum absolute atomic E-state index is 6.10. The molecule has 0 radical (unpaired) electrons. The zero-order chi connectivity index (χ0) is 11.4. The lowest BCUT2D eigenvalue weighted by atomic mass is 9.64. The molecule has 0 spiro atoms. The lowest BCUT2D eigenvalue weighted by molar-refractivity contribution is 0.559. The van der Waals surface area contributed by atoms with Gasteiger partial charge in [-0.05, 0) is 28.4 Å². The molecule has 82 valence electrons. The molecule has 0 amide bonds. The van der Waals surface area contributed by atoms with Gasteiger partial charge in [-0.3, -0.25) is 0 Å². The van der Waals surface area contributed by atoms with E-state index in [1.807, 2.05) is 6.08 Å². The molecule has 1 nitrogen and oxygen atoms in total. The molecule has 0 aliphatic heterocycles. The molecule has 4 aliphatic rings. The van der Waals surface area contributed by atoms with E-state index in [-0.39, 0.29) is 0 Å². The summed E-state index contributed by atoms with van der Waals surface area (Å²) in [6.45, 7) is 0. The van der Waals surface area contributed by atoms with E-state index in [2.05, 4.69) is 48.6 Å². The monoisotopic (exact) mass is 219 g/mol. The van der Waals surface area contributed by atoms with Crippen LogP contribution in [0.5, 0.6) is 0 Å². The van der Waals surface area contributed by atoms with Gasteiger partial charge in [0, 0.05) is 17.5 Å². The van der Waals surface area contributed by atoms with Crippen molar-refractivity contribution < 1.29 is 0 Å². The Hall–Kier alpha value is -2.02. The van der Waals surface area contributed by atoms with Crippen LogP contribution in [0.25, 0.3) is 0 Å². The Morgan fingerprint density at radius 1 is 0.706 bits per heavy atom. The van der Waals surface area contributed by atoms with Gasteiger partial charge in [-0.25, -0.2) is 0 Å². The predicted octanol–water partition coefficient (Wildman–Crippen LogP) is 2.93. The van der Waals surface area contributed by atoms with Crippen molar-refractivity contribution in [3.8, 4) is 0 Å². The number of rotatable bonds is 0. The Bertz CT molecular complexity index is 618. The molecule has 0 saturated carbocycles. The summed E-state index contributed by atoms with van der Waals surface area (Å²) in [5, 5.41) is 0. The first-order chi connectivity index (χ1) is 8.34. The van der Waals surface area contributed by atoms with Gasteiger partial charge in [0.1, 0.15) is 0 Å². The maximum Gasteiger partial charge on any atom is 0.0353 e. The fourth-order valence-electron chi connectivity index (χ4n) is 3.23. The van der Waals surface area contributed by atoms with Gasteiger partial charge in [0.25, 0.3) is 0 Å². The SMILES string of the molecule is NC1=C2C=CC3=CC=CC4=CC=C(C=C1)C2C34. The van der Waals surface area contributed by atoms with Crippen molar-refractivity contribution in [1.82, 2.24) is 0 Å². The first kappa shape index (κ1) is 9.06. The molecule has 0 aromatic carbocycles. The van der Waals surface area contributed by atoms with Gasteiger partial charge >= 0.3 is 0 Å². The van der Waals surface area contributed by atoms with E-state index < -0.39 is 0 Å². The third-order valence-corrected chi connectivity index (χ3v) is 4.04. The van der Waals surface area contributed by atoms with Crippen molar-refractivity contribution in [2.24, 2.45) is 17.6 Å². The van der Waals surface area contributed by atoms with E-state index in [9.17, 15) is 0 Å². The first-order valence-electron chi connectivity index (χ1n) is 6.00. The summed E-state index contributed by atoms with van der Waals surface area (Å²) in [5.41, 5.74) is 12.5. The number of nitrogens with two attached hydrogens (primary N) is 1. The molecule has 0 saturated heterocycles. The van der Waals surface area contributed by atoms with Crippen LogP contribution < -0.4 is 5.73 Å². The molecule has 2 atom stereocenters. The summed E-state index contributed by atoms with van der Waals surface area (Å²) < 4.78 is 0. The van der Waals surface area contributed by atoms with Crippen molar-refractivity contribution in [3.63, 3.8) is 0 Å². The van der Waals surface area contributed by atoms with Crippen LogP contribution in [0.15, 0.2) is 82.7 Å². The van der Waals surface area contributed by atoms with Crippen molar-refractivity contribution in [2.45, 2.75) is 0 Å². The second-order valence-electron chi connectivity index (χ2n) is 4.89. The average molecular weight is 219 g/mol. The lowest BCUT2D eigenvalue weighted by Gasteiger charge is -2.39. The fraction of sp³-hybridized carbons (Fsp3) is 0.125. The third-order valence-electron chi connectivity index (χ3n) is 4.04. The minimum Gasteiger partial charge on any atom is -0.398 e. The summed E-state index contributed by atoms with van der Waals surface area (Å²) in [7, 11) is 0. The van der Waals surface area contributed by atoms with E-state index in [4.69, 9.17) is 5.73 Å². The van der Waals surface area contributed by atoms with E-state index >= 15 is 0 Å². The molecular formula is C16H13N. The Kier molecular flexibility index (Phi) is 1.60. The highest BCUT2D eigenvalue weighted by molar-refractivity contribution is 5.61. The molecule has 0 aromatic heterocycles. The summed E-state index contributed by atoms with van der Waals surface area (Å²) in [4.78, 5) is 0. The van der Waals surface area contributed by atoms with E-state index in [1.54, 1.807) is 0 Å². The van der Waals surface area contributed by atoms with Gasteiger partial charge in [0.05, 0.1) is 0 Å². The van der Waals surface area contributed by atoms with Crippen molar-refractivity contribution >= 4 is 0 Å². The normalized spacial score (nSPS) is 31.9. The fourth-order valence-corrected chi connectivity index (χ4v) is 3.23. The number of hydrogen-bond acceptors (Lipinski definition) is 1. The van der Waals surface area contributed by atoms with Gasteiger partial charge < -0.3 is 5.73 Å². The third kappa shape index (κ3) is 1.09. The molecule has 0 bridgehead atoms.